The van der Waals surface area contributed by atoms with E-state index in [0.29, 0.717) is 17.2 Å². The lowest BCUT2D eigenvalue weighted by Gasteiger charge is -2.26. The number of halogens is 1. The maximum absolute atomic E-state index is 13.2. The fourth-order valence-corrected chi connectivity index (χ4v) is 4.72. The van der Waals surface area contributed by atoms with Gasteiger partial charge in [-0.15, -0.1) is 0 Å². The van der Waals surface area contributed by atoms with Crippen LogP contribution < -0.4 is 10.1 Å². The maximum Gasteiger partial charge on any atom is 0.255 e. The number of anilines is 1. The minimum atomic E-state index is -0.164. The van der Waals surface area contributed by atoms with E-state index in [1.807, 2.05) is 85.8 Å². The first-order chi connectivity index (χ1) is 17.6. The molecule has 0 saturated carbocycles. The van der Waals surface area contributed by atoms with E-state index < -0.39 is 0 Å². The van der Waals surface area contributed by atoms with Crippen LogP contribution in [-0.2, 0) is 4.74 Å². The first-order valence-corrected chi connectivity index (χ1v) is 12.6. The molecule has 1 aliphatic heterocycles. The van der Waals surface area contributed by atoms with Crippen LogP contribution in [0.15, 0.2) is 78.9 Å². The molecular weight excluding hydrogens is 472 g/mol. The highest BCUT2D eigenvalue weighted by atomic mass is 35.5. The second-order valence-electron chi connectivity index (χ2n) is 8.95. The summed E-state index contributed by atoms with van der Waals surface area (Å²) in [6.07, 6.45) is 0. The number of aryl methyl sites for hydroxylation is 1. The second kappa shape index (κ2) is 11.1. The molecule has 0 atom stereocenters. The number of nitrogens with one attached hydrogen (secondary N) is 1. The van der Waals surface area contributed by atoms with Crippen molar-refractivity contribution in [2.75, 3.05) is 44.8 Å². The second-order valence-corrected chi connectivity index (χ2v) is 9.39. The van der Waals surface area contributed by atoms with Gasteiger partial charge in [0.2, 0.25) is 0 Å². The summed E-state index contributed by atoms with van der Waals surface area (Å²) in [6, 6.07) is 25.2. The molecular formula is C30H29ClN2O3. The van der Waals surface area contributed by atoms with Crippen LogP contribution in [0.3, 0.4) is 0 Å². The van der Waals surface area contributed by atoms with Gasteiger partial charge in [-0.3, -0.25) is 9.69 Å². The summed E-state index contributed by atoms with van der Waals surface area (Å²) in [5.74, 6) is 0.651. The number of carbonyl (C=O) groups excluding carboxylic acids is 1. The normalized spacial score (nSPS) is 14.1. The third-order valence-corrected chi connectivity index (χ3v) is 6.77. The largest absolute Gasteiger partial charge is 0.492 e. The van der Waals surface area contributed by atoms with Crippen LogP contribution in [0.5, 0.6) is 5.75 Å². The Labute approximate surface area is 216 Å². The number of amides is 1. The minimum absolute atomic E-state index is 0.164. The third kappa shape index (κ3) is 5.54. The number of nitrogens with zero attached hydrogens (tertiary/aromatic N) is 1. The van der Waals surface area contributed by atoms with Gasteiger partial charge in [-0.25, -0.2) is 0 Å². The summed E-state index contributed by atoms with van der Waals surface area (Å²) in [7, 11) is 0. The molecule has 36 heavy (non-hydrogen) atoms. The Morgan fingerprint density at radius 1 is 0.972 bits per heavy atom. The number of ether oxygens (including phenoxy) is 2. The molecule has 0 unspecified atom stereocenters. The Morgan fingerprint density at radius 3 is 2.61 bits per heavy atom. The predicted octanol–water partition coefficient (Wildman–Crippen LogP) is 6.43. The van der Waals surface area contributed by atoms with Gasteiger partial charge in [0.1, 0.15) is 12.4 Å². The molecule has 0 aromatic heterocycles. The monoisotopic (exact) mass is 500 g/mol. The molecule has 0 aliphatic carbocycles. The zero-order chi connectivity index (χ0) is 24.9. The highest BCUT2D eigenvalue weighted by Gasteiger charge is 2.14. The third-order valence-electron chi connectivity index (χ3n) is 6.54. The van der Waals surface area contributed by atoms with E-state index in [1.54, 1.807) is 0 Å². The smallest absolute Gasteiger partial charge is 0.255 e. The van der Waals surface area contributed by atoms with E-state index in [2.05, 4.69) is 10.2 Å². The Kier molecular flexibility index (Phi) is 7.52. The van der Waals surface area contributed by atoms with Gasteiger partial charge < -0.3 is 14.8 Å². The molecule has 1 heterocycles. The van der Waals surface area contributed by atoms with Crippen molar-refractivity contribution in [2.45, 2.75) is 6.92 Å². The molecule has 0 spiro atoms. The van der Waals surface area contributed by atoms with Crippen molar-refractivity contribution >= 4 is 34.0 Å². The Hall–Kier alpha value is -3.38. The quantitative estimate of drug-likeness (QED) is 0.317. The fraction of sp³-hybridized carbons (Fsp3) is 0.233. The number of rotatable bonds is 7. The topological polar surface area (TPSA) is 50.8 Å². The lowest BCUT2D eigenvalue weighted by Crippen LogP contribution is -2.38. The lowest BCUT2D eigenvalue weighted by atomic mass is 9.98. The number of hydrogen-bond acceptors (Lipinski definition) is 4. The zero-order valence-corrected chi connectivity index (χ0v) is 21.1. The standard InChI is InChI=1S/C30H29ClN2O3/c1-21-9-10-24(31)20-27(21)22-5-4-6-23(19-22)30(34)32-28-11-12-29(26-8-3-2-7-25(26)28)36-18-15-33-13-16-35-17-14-33/h2-12,19-20H,13-18H2,1H3,(H,32,34). The molecule has 1 amide bonds. The molecule has 5 rings (SSSR count). The van der Waals surface area contributed by atoms with Crippen molar-refractivity contribution in [2.24, 2.45) is 0 Å². The van der Waals surface area contributed by atoms with Crippen molar-refractivity contribution in [3.05, 3.63) is 95.0 Å². The predicted molar refractivity (Wildman–Crippen MR) is 146 cm³/mol. The van der Waals surface area contributed by atoms with Gasteiger partial charge in [-0.05, 0) is 60.0 Å². The van der Waals surface area contributed by atoms with E-state index in [4.69, 9.17) is 21.1 Å². The number of carbonyl (C=O) groups is 1. The van der Waals surface area contributed by atoms with E-state index in [9.17, 15) is 4.79 Å². The average molecular weight is 501 g/mol. The molecule has 184 valence electrons. The van der Waals surface area contributed by atoms with Gasteiger partial charge in [-0.2, -0.15) is 0 Å². The minimum Gasteiger partial charge on any atom is -0.492 e. The fourth-order valence-electron chi connectivity index (χ4n) is 4.54. The molecule has 4 aromatic rings. The van der Waals surface area contributed by atoms with Crippen LogP contribution in [0, 0.1) is 6.92 Å². The van der Waals surface area contributed by atoms with Gasteiger partial charge in [0.05, 0.1) is 13.2 Å². The Morgan fingerprint density at radius 2 is 1.78 bits per heavy atom. The van der Waals surface area contributed by atoms with Crippen molar-refractivity contribution in [3.8, 4) is 16.9 Å². The highest BCUT2D eigenvalue weighted by Crippen LogP contribution is 2.32. The molecule has 6 heteroatoms. The first kappa shape index (κ1) is 24.3. The molecule has 0 bridgehead atoms. The van der Waals surface area contributed by atoms with Gasteiger partial charge in [0.25, 0.3) is 5.91 Å². The van der Waals surface area contributed by atoms with Crippen LogP contribution in [0.2, 0.25) is 5.02 Å². The van der Waals surface area contributed by atoms with Crippen molar-refractivity contribution in [1.29, 1.82) is 0 Å². The average Bonchev–Trinajstić information content (AvgIpc) is 2.92. The molecule has 0 radical (unpaired) electrons. The molecule has 1 N–H and O–H groups in total. The number of hydrogen-bond donors (Lipinski definition) is 1. The summed E-state index contributed by atoms with van der Waals surface area (Å²) in [5.41, 5.74) is 4.41. The van der Waals surface area contributed by atoms with Crippen molar-refractivity contribution < 1.29 is 14.3 Å². The maximum atomic E-state index is 13.2. The summed E-state index contributed by atoms with van der Waals surface area (Å²) in [6.45, 7) is 6.93. The number of morpholine rings is 1. The molecule has 5 nitrogen and oxygen atoms in total. The van der Waals surface area contributed by atoms with Crippen LogP contribution in [0.25, 0.3) is 21.9 Å². The van der Waals surface area contributed by atoms with Crippen LogP contribution in [0.4, 0.5) is 5.69 Å². The van der Waals surface area contributed by atoms with E-state index >= 15 is 0 Å². The van der Waals surface area contributed by atoms with Gasteiger partial charge in [0, 0.05) is 46.7 Å². The zero-order valence-electron chi connectivity index (χ0n) is 20.3. The van der Waals surface area contributed by atoms with Gasteiger partial charge in [0.15, 0.2) is 0 Å². The van der Waals surface area contributed by atoms with Crippen molar-refractivity contribution in [1.82, 2.24) is 4.90 Å². The van der Waals surface area contributed by atoms with E-state index in [0.717, 1.165) is 71.7 Å². The summed E-state index contributed by atoms with van der Waals surface area (Å²) < 4.78 is 11.6. The molecule has 1 saturated heterocycles. The summed E-state index contributed by atoms with van der Waals surface area (Å²) in [4.78, 5) is 15.6. The van der Waals surface area contributed by atoms with Crippen molar-refractivity contribution in [3.63, 3.8) is 0 Å². The molecule has 1 aliphatic rings. The lowest BCUT2D eigenvalue weighted by molar-refractivity contribution is 0.0323. The summed E-state index contributed by atoms with van der Waals surface area (Å²) >= 11 is 6.22. The van der Waals surface area contributed by atoms with Crippen LogP contribution >= 0.6 is 11.6 Å². The van der Waals surface area contributed by atoms with Crippen LogP contribution in [-0.4, -0.2) is 50.3 Å². The SMILES string of the molecule is Cc1ccc(Cl)cc1-c1cccc(C(=O)Nc2ccc(OCCN3CCOCC3)c3ccccc23)c1. The first-order valence-electron chi connectivity index (χ1n) is 12.2. The Balaban J connectivity index is 1.34. The number of benzene rings is 4. The van der Waals surface area contributed by atoms with Gasteiger partial charge in [-0.1, -0.05) is 54.1 Å². The number of fused-ring (bicyclic) bond motifs is 1. The van der Waals surface area contributed by atoms with Gasteiger partial charge >= 0.3 is 0 Å². The Bertz CT molecular complexity index is 1380. The van der Waals surface area contributed by atoms with E-state index in [-0.39, 0.29) is 5.91 Å². The van der Waals surface area contributed by atoms with Crippen LogP contribution in [0.1, 0.15) is 15.9 Å². The molecule has 4 aromatic carbocycles. The summed E-state index contributed by atoms with van der Waals surface area (Å²) in [5, 5.41) is 5.68. The highest BCUT2D eigenvalue weighted by molar-refractivity contribution is 6.30. The van der Waals surface area contributed by atoms with E-state index in [1.165, 1.54) is 0 Å². The molecule has 1 fully saturated rings.